The first kappa shape index (κ1) is 17.7. The van der Waals surface area contributed by atoms with Crippen LogP contribution in [0.1, 0.15) is 5.56 Å². The third-order valence-corrected chi connectivity index (χ3v) is 6.79. The molecule has 0 unspecified atom stereocenters. The molecule has 8 nitrogen and oxygen atoms in total. The minimum atomic E-state index is -3.78. The van der Waals surface area contributed by atoms with E-state index in [-0.39, 0.29) is 36.6 Å². The van der Waals surface area contributed by atoms with Crippen molar-refractivity contribution in [1.29, 1.82) is 5.26 Å². The van der Waals surface area contributed by atoms with E-state index >= 15 is 0 Å². The second-order valence-electron chi connectivity index (χ2n) is 5.04. The number of benzene rings is 1. The number of methoxy groups -OCH3 is 1. The molecule has 1 heterocycles. The zero-order valence-corrected chi connectivity index (χ0v) is 14.4. The SMILES string of the molecule is COc1ccc(S(=O)(=O)N2CCN(S(C)(=O)=O)CC2)cc1C#N. The summed E-state index contributed by atoms with van der Waals surface area (Å²) in [6.45, 7) is 0.366. The van der Waals surface area contributed by atoms with Gasteiger partial charge in [-0.15, -0.1) is 0 Å². The number of hydrogen-bond acceptors (Lipinski definition) is 6. The predicted molar refractivity (Wildman–Crippen MR) is 82.9 cm³/mol. The van der Waals surface area contributed by atoms with E-state index in [0.29, 0.717) is 5.75 Å². The highest BCUT2D eigenvalue weighted by atomic mass is 32.2. The van der Waals surface area contributed by atoms with Crippen LogP contribution >= 0.6 is 0 Å². The summed E-state index contributed by atoms with van der Waals surface area (Å²) >= 11 is 0. The molecule has 1 saturated heterocycles. The average Bonchev–Trinajstić information content (AvgIpc) is 2.53. The van der Waals surface area contributed by atoms with Crippen molar-refractivity contribution < 1.29 is 21.6 Å². The van der Waals surface area contributed by atoms with Crippen LogP contribution in [0.4, 0.5) is 0 Å². The summed E-state index contributed by atoms with van der Waals surface area (Å²) in [6, 6.07) is 5.96. The molecule has 0 amide bonds. The molecule has 126 valence electrons. The third-order valence-electron chi connectivity index (χ3n) is 3.60. The van der Waals surface area contributed by atoms with Gasteiger partial charge in [0.1, 0.15) is 11.8 Å². The van der Waals surface area contributed by atoms with Crippen molar-refractivity contribution in [2.75, 3.05) is 39.5 Å². The van der Waals surface area contributed by atoms with Gasteiger partial charge >= 0.3 is 0 Å². The number of ether oxygens (including phenoxy) is 1. The lowest BCUT2D eigenvalue weighted by Gasteiger charge is -2.32. The van der Waals surface area contributed by atoms with Crippen LogP contribution in [0, 0.1) is 11.3 Å². The molecular weight excluding hydrogens is 342 g/mol. The number of hydrogen-bond donors (Lipinski definition) is 0. The number of piperazine rings is 1. The fourth-order valence-electron chi connectivity index (χ4n) is 2.33. The van der Waals surface area contributed by atoms with Gasteiger partial charge in [-0.2, -0.15) is 13.9 Å². The Morgan fingerprint density at radius 2 is 1.65 bits per heavy atom. The second kappa shape index (κ2) is 6.45. The van der Waals surface area contributed by atoms with Crippen LogP contribution in [0.15, 0.2) is 23.1 Å². The molecule has 23 heavy (non-hydrogen) atoms. The van der Waals surface area contributed by atoms with Crippen molar-refractivity contribution in [3.8, 4) is 11.8 Å². The third kappa shape index (κ3) is 3.64. The Balaban J connectivity index is 2.25. The van der Waals surface area contributed by atoms with Gasteiger partial charge in [0, 0.05) is 26.2 Å². The largest absolute Gasteiger partial charge is 0.495 e. The van der Waals surface area contributed by atoms with Crippen LogP contribution in [0.5, 0.6) is 5.75 Å². The van der Waals surface area contributed by atoms with E-state index in [1.807, 2.05) is 6.07 Å². The van der Waals surface area contributed by atoms with Crippen LogP contribution in [0.3, 0.4) is 0 Å². The maximum atomic E-state index is 12.6. The maximum Gasteiger partial charge on any atom is 0.243 e. The summed E-state index contributed by atoms with van der Waals surface area (Å²) in [5, 5.41) is 9.06. The number of rotatable bonds is 4. The van der Waals surface area contributed by atoms with Crippen LogP contribution in [-0.4, -0.2) is 65.0 Å². The normalized spacial score (nSPS) is 17.6. The topological polar surface area (TPSA) is 108 Å². The van der Waals surface area contributed by atoms with E-state index in [1.165, 1.54) is 33.9 Å². The summed E-state index contributed by atoms with van der Waals surface area (Å²) in [5.41, 5.74) is 0.128. The van der Waals surface area contributed by atoms with E-state index in [9.17, 15) is 16.8 Å². The quantitative estimate of drug-likeness (QED) is 0.739. The van der Waals surface area contributed by atoms with Crippen molar-refractivity contribution >= 4 is 20.0 Å². The summed E-state index contributed by atoms with van der Waals surface area (Å²) in [6.07, 6.45) is 1.10. The van der Waals surface area contributed by atoms with E-state index in [4.69, 9.17) is 10.00 Å². The summed E-state index contributed by atoms with van der Waals surface area (Å²) in [7, 11) is -5.71. The Labute approximate surface area is 136 Å². The van der Waals surface area contributed by atoms with Crippen molar-refractivity contribution in [3.05, 3.63) is 23.8 Å². The lowest BCUT2D eigenvalue weighted by molar-refractivity contribution is 0.274. The van der Waals surface area contributed by atoms with Crippen LogP contribution in [0.2, 0.25) is 0 Å². The first-order valence-electron chi connectivity index (χ1n) is 6.73. The van der Waals surface area contributed by atoms with Crippen LogP contribution in [0.25, 0.3) is 0 Å². The number of nitrogens with zero attached hydrogens (tertiary/aromatic N) is 3. The van der Waals surface area contributed by atoms with Crippen molar-refractivity contribution in [3.63, 3.8) is 0 Å². The van der Waals surface area contributed by atoms with Gasteiger partial charge in [-0.05, 0) is 18.2 Å². The molecule has 0 aliphatic carbocycles. The fourth-order valence-corrected chi connectivity index (χ4v) is 4.60. The Bertz CT molecular complexity index is 835. The summed E-state index contributed by atoms with van der Waals surface area (Å²) in [4.78, 5) is -0.0114. The van der Waals surface area contributed by atoms with Gasteiger partial charge in [0.25, 0.3) is 0 Å². The zero-order valence-electron chi connectivity index (χ0n) is 12.8. The monoisotopic (exact) mass is 359 g/mol. The first-order chi connectivity index (χ1) is 10.7. The maximum absolute atomic E-state index is 12.6. The van der Waals surface area contributed by atoms with Gasteiger partial charge in [-0.1, -0.05) is 0 Å². The molecule has 0 aromatic heterocycles. The minimum absolute atomic E-state index is 0.0114. The highest BCUT2D eigenvalue weighted by molar-refractivity contribution is 7.89. The van der Waals surface area contributed by atoms with Gasteiger partial charge in [-0.3, -0.25) is 0 Å². The Morgan fingerprint density at radius 3 is 2.13 bits per heavy atom. The molecule has 1 aromatic rings. The summed E-state index contributed by atoms with van der Waals surface area (Å²) in [5.74, 6) is 0.299. The van der Waals surface area contributed by atoms with Gasteiger partial charge in [0.2, 0.25) is 20.0 Å². The Hall–Kier alpha value is -1.67. The van der Waals surface area contributed by atoms with Crippen molar-refractivity contribution in [2.24, 2.45) is 0 Å². The van der Waals surface area contributed by atoms with Gasteiger partial charge in [0.15, 0.2) is 0 Å². The number of nitriles is 1. The highest BCUT2D eigenvalue weighted by Crippen LogP contribution is 2.24. The van der Waals surface area contributed by atoms with Gasteiger partial charge in [-0.25, -0.2) is 16.8 Å². The Morgan fingerprint density at radius 1 is 1.09 bits per heavy atom. The van der Waals surface area contributed by atoms with E-state index in [1.54, 1.807) is 0 Å². The molecule has 1 fully saturated rings. The molecule has 1 aliphatic heterocycles. The van der Waals surface area contributed by atoms with E-state index in [2.05, 4.69) is 0 Å². The van der Waals surface area contributed by atoms with Crippen LogP contribution < -0.4 is 4.74 Å². The number of sulfonamides is 2. The molecule has 0 atom stereocenters. The van der Waals surface area contributed by atoms with Crippen molar-refractivity contribution in [1.82, 2.24) is 8.61 Å². The van der Waals surface area contributed by atoms with Crippen molar-refractivity contribution in [2.45, 2.75) is 4.90 Å². The lowest BCUT2D eigenvalue weighted by Crippen LogP contribution is -2.50. The highest BCUT2D eigenvalue weighted by Gasteiger charge is 2.31. The molecule has 0 bridgehead atoms. The first-order valence-corrected chi connectivity index (χ1v) is 10.0. The summed E-state index contributed by atoms with van der Waals surface area (Å²) < 4.78 is 55.6. The zero-order chi connectivity index (χ0) is 17.3. The lowest BCUT2D eigenvalue weighted by atomic mass is 10.2. The predicted octanol–water partition coefficient (Wildman–Crippen LogP) is -0.167. The smallest absolute Gasteiger partial charge is 0.243 e. The fraction of sp³-hybridized carbons (Fsp3) is 0.462. The molecular formula is C13H17N3O5S2. The van der Waals surface area contributed by atoms with Gasteiger partial charge in [0.05, 0.1) is 23.8 Å². The molecule has 0 spiro atoms. The van der Waals surface area contributed by atoms with E-state index < -0.39 is 20.0 Å². The molecule has 10 heteroatoms. The Kier molecular flexibility index (Phi) is 4.95. The second-order valence-corrected chi connectivity index (χ2v) is 8.96. The minimum Gasteiger partial charge on any atom is -0.495 e. The van der Waals surface area contributed by atoms with Gasteiger partial charge < -0.3 is 4.74 Å². The molecule has 0 radical (unpaired) electrons. The van der Waals surface area contributed by atoms with Crippen LogP contribution in [-0.2, 0) is 20.0 Å². The average molecular weight is 359 g/mol. The molecule has 1 aliphatic rings. The standard InChI is InChI=1S/C13H17N3O5S2/c1-21-13-4-3-12(9-11(13)10-14)23(19,20)16-7-5-15(6-8-16)22(2,17)18/h3-4,9H,5-8H2,1-2H3. The molecule has 1 aromatic carbocycles. The molecule has 0 saturated carbocycles. The van der Waals surface area contributed by atoms with E-state index in [0.717, 1.165) is 6.26 Å². The molecule has 0 N–H and O–H groups in total. The molecule has 2 rings (SSSR count).